The van der Waals surface area contributed by atoms with Crippen LogP contribution in [0.15, 0.2) is 30.5 Å². The van der Waals surface area contributed by atoms with Gasteiger partial charge in [-0.25, -0.2) is 0 Å². The van der Waals surface area contributed by atoms with E-state index in [0.29, 0.717) is 6.04 Å². The third-order valence-electron chi connectivity index (χ3n) is 5.51. The zero-order valence-corrected chi connectivity index (χ0v) is 13.9. The molecular weight excluding hydrogens is 302 g/mol. The molecule has 2 aromatic rings. The first-order valence-corrected chi connectivity index (χ1v) is 9.00. The molecule has 3 heterocycles. The Bertz CT molecular complexity index is 718. The van der Waals surface area contributed by atoms with Gasteiger partial charge in [-0.15, -0.1) is 0 Å². The number of fused-ring (bicyclic) bond motifs is 1. The van der Waals surface area contributed by atoms with Gasteiger partial charge in [-0.2, -0.15) is 0 Å². The highest BCUT2D eigenvalue weighted by molar-refractivity contribution is 6.05. The minimum absolute atomic E-state index is 0.125. The normalized spacial score (nSPS) is 23.7. The van der Waals surface area contributed by atoms with E-state index < -0.39 is 0 Å². The molecule has 5 nitrogen and oxygen atoms in total. The zero-order valence-electron chi connectivity index (χ0n) is 13.9. The number of benzene rings is 1. The van der Waals surface area contributed by atoms with Crippen LogP contribution in [0.25, 0.3) is 10.9 Å². The van der Waals surface area contributed by atoms with Crippen LogP contribution in [-0.2, 0) is 0 Å². The molecule has 5 heteroatoms. The molecule has 0 aliphatic carbocycles. The van der Waals surface area contributed by atoms with Crippen molar-refractivity contribution in [1.82, 2.24) is 14.8 Å². The summed E-state index contributed by atoms with van der Waals surface area (Å²) in [5, 5.41) is 11.0. The van der Waals surface area contributed by atoms with Gasteiger partial charge in [0.2, 0.25) is 0 Å². The molecule has 0 radical (unpaired) electrons. The van der Waals surface area contributed by atoms with E-state index in [1.807, 2.05) is 35.4 Å². The van der Waals surface area contributed by atoms with Crippen molar-refractivity contribution in [2.24, 2.45) is 0 Å². The molecule has 2 saturated heterocycles. The van der Waals surface area contributed by atoms with Gasteiger partial charge in [0.1, 0.15) is 0 Å². The average molecular weight is 327 g/mol. The Balaban J connectivity index is 1.42. The summed E-state index contributed by atoms with van der Waals surface area (Å²) in [4.78, 5) is 20.5. The zero-order chi connectivity index (χ0) is 16.5. The van der Waals surface area contributed by atoms with Crippen LogP contribution >= 0.6 is 0 Å². The fourth-order valence-corrected chi connectivity index (χ4v) is 4.18. The number of likely N-dealkylation sites (tertiary alicyclic amines) is 2. The molecule has 0 spiro atoms. The smallest absolute Gasteiger partial charge is 0.255 e. The fraction of sp³-hybridized carbons (Fsp3) is 0.526. The Kier molecular flexibility index (Phi) is 4.29. The summed E-state index contributed by atoms with van der Waals surface area (Å²) in [5.41, 5.74) is 1.70. The van der Waals surface area contributed by atoms with Crippen LogP contribution < -0.4 is 0 Å². The minimum atomic E-state index is -0.177. The standard InChI is InChI=1S/C19H25N3O2/c23-16-4-2-10-22(13-16)15-7-11-21(12-8-15)19(24)17-5-1-3-14-6-9-20-18(14)17/h1,3,5-6,9,15-16,20,23H,2,4,7-8,10-13H2. The molecule has 1 amide bonds. The van der Waals surface area contributed by atoms with Crippen LogP contribution in [-0.4, -0.2) is 64.1 Å². The second-order valence-electron chi connectivity index (χ2n) is 7.06. The average Bonchev–Trinajstić information content (AvgIpc) is 3.10. The third kappa shape index (κ3) is 2.94. The molecule has 0 bridgehead atoms. The molecule has 2 aliphatic heterocycles. The van der Waals surface area contributed by atoms with Gasteiger partial charge in [-0.1, -0.05) is 12.1 Å². The Morgan fingerprint density at radius 3 is 2.75 bits per heavy atom. The number of amides is 1. The molecule has 1 aromatic carbocycles. The van der Waals surface area contributed by atoms with Gasteiger partial charge in [-0.05, 0) is 44.4 Å². The number of nitrogens with zero attached hydrogens (tertiary/aromatic N) is 2. The Hall–Kier alpha value is -1.85. The lowest BCUT2D eigenvalue weighted by Gasteiger charge is -2.41. The first-order valence-electron chi connectivity index (χ1n) is 9.00. The molecule has 24 heavy (non-hydrogen) atoms. The second kappa shape index (κ2) is 6.57. The van der Waals surface area contributed by atoms with E-state index in [1.165, 1.54) is 0 Å². The summed E-state index contributed by atoms with van der Waals surface area (Å²) in [6.07, 6.45) is 5.71. The number of piperidine rings is 2. The number of aromatic nitrogens is 1. The molecule has 1 atom stereocenters. The summed E-state index contributed by atoms with van der Waals surface area (Å²) in [7, 11) is 0. The van der Waals surface area contributed by atoms with Crippen LogP contribution in [0.3, 0.4) is 0 Å². The summed E-state index contributed by atoms with van der Waals surface area (Å²) in [5.74, 6) is 0.125. The van der Waals surface area contributed by atoms with Gasteiger partial charge in [0, 0.05) is 37.3 Å². The highest BCUT2D eigenvalue weighted by Crippen LogP contribution is 2.24. The number of aliphatic hydroxyl groups excluding tert-OH is 1. The fourth-order valence-electron chi connectivity index (χ4n) is 4.18. The highest BCUT2D eigenvalue weighted by atomic mass is 16.3. The van der Waals surface area contributed by atoms with Crippen molar-refractivity contribution in [2.75, 3.05) is 26.2 Å². The first-order chi connectivity index (χ1) is 11.7. The van der Waals surface area contributed by atoms with Crippen molar-refractivity contribution in [3.63, 3.8) is 0 Å². The maximum Gasteiger partial charge on any atom is 0.255 e. The van der Waals surface area contributed by atoms with E-state index in [1.54, 1.807) is 0 Å². The molecular formula is C19H25N3O2. The van der Waals surface area contributed by atoms with Gasteiger partial charge in [0.05, 0.1) is 17.2 Å². The first kappa shape index (κ1) is 15.7. The number of nitrogens with one attached hydrogen (secondary N) is 1. The lowest BCUT2D eigenvalue weighted by Crippen LogP contribution is -2.50. The summed E-state index contributed by atoms with van der Waals surface area (Å²) in [6.45, 7) is 3.47. The van der Waals surface area contributed by atoms with Crippen molar-refractivity contribution >= 4 is 16.8 Å². The molecule has 2 aliphatic rings. The van der Waals surface area contributed by atoms with Gasteiger partial charge < -0.3 is 15.0 Å². The number of hydrogen-bond donors (Lipinski definition) is 2. The minimum Gasteiger partial charge on any atom is -0.392 e. The topological polar surface area (TPSA) is 59.6 Å². The number of aliphatic hydroxyl groups is 1. The third-order valence-corrected chi connectivity index (χ3v) is 5.51. The van der Waals surface area contributed by atoms with Crippen molar-refractivity contribution in [2.45, 2.75) is 37.8 Å². The van der Waals surface area contributed by atoms with Crippen molar-refractivity contribution < 1.29 is 9.90 Å². The van der Waals surface area contributed by atoms with Crippen molar-refractivity contribution in [3.05, 3.63) is 36.0 Å². The van der Waals surface area contributed by atoms with Crippen LogP contribution in [0.2, 0.25) is 0 Å². The number of hydrogen-bond acceptors (Lipinski definition) is 3. The van der Waals surface area contributed by atoms with Gasteiger partial charge in [0.15, 0.2) is 0 Å². The molecule has 4 rings (SSSR count). The molecule has 1 unspecified atom stereocenters. The predicted molar refractivity (Wildman–Crippen MR) is 94.0 cm³/mol. The number of rotatable bonds is 2. The lowest BCUT2D eigenvalue weighted by atomic mass is 9.98. The number of β-amino-alcohol motifs (C(OH)–C–C–N with tert-alkyl or cyclic N) is 1. The van der Waals surface area contributed by atoms with Crippen LogP contribution in [0.1, 0.15) is 36.0 Å². The van der Waals surface area contributed by atoms with Crippen LogP contribution in [0, 0.1) is 0 Å². The maximum atomic E-state index is 12.9. The summed E-state index contributed by atoms with van der Waals surface area (Å²) >= 11 is 0. The monoisotopic (exact) mass is 327 g/mol. The van der Waals surface area contributed by atoms with Crippen LogP contribution in [0.4, 0.5) is 0 Å². The van der Waals surface area contributed by atoms with Gasteiger partial charge in [-0.3, -0.25) is 9.69 Å². The van der Waals surface area contributed by atoms with E-state index in [-0.39, 0.29) is 12.0 Å². The molecule has 2 N–H and O–H groups in total. The van der Waals surface area contributed by atoms with E-state index >= 15 is 0 Å². The number of carbonyl (C=O) groups is 1. The van der Waals surface area contributed by atoms with Gasteiger partial charge >= 0.3 is 0 Å². The van der Waals surface area contributed by atoms with E-state index in [4.69, 9.17) is 0 Å². The molecule has 2 fully saturated rings. The number of carbonyl (C=O) groups excluding carboxylic acids is 1. The van der Waals surface area contributed by atoms with Gasteiger partial charge in [0.25, 0.3) is 5.91 Å². The predicted octanol–water partition coefficient (Wildman–Crippen LogP) is 2.23. The van der Waals surface area contributed by atoms with E-state index in [0.717, 1.165) is 68.3 Å². The Labute approximate surface area is 142 Å². The number of H-pyrrole nitrogens is 1. The largest absolute Gasteiger partial charge is 0.392 e. The van der Waals surface area contributed by atoms with E-state index in [9.17, 15) is 9.90 Å². The molecule has 128 valence electrons. The summed E-state index contributed by atoms with van der Waals surface area (Å²) in [6, 6.07) is 8.39. The quantitative estimate of drug-likeness (QED) is 0.889. The Morgan fingerprint density at radius 1 is 1.12 bits per heavy atom. The van der Waals surface area contributed by atoms with E-state index in [2.05, 4.69) is 9.88 Å². The van der Waals surface area contributed by atoms with Crippen LogP contribution in [0.5, 0.6) is 0 Å². The van der Waals surface area contributed by atoms with Crippen molar-refractivity contribution in [1.29, 1.82) is 0 Å². The lowest BCUT2D eigenvalue weighted by molar-refractivity contribution is 0.0241. The maximum absolute atomic E-state index is 12.9. The molecule has 0 saturated carbocycles. The second-order valence-corrected chi connectivity index (χ2v) is 7.06. The van der Waals surface area contributed by atoms with Crippen molar-refractivity contribution in [3.8, 4) is 0 Å². The number of aromatic amines is 1. The summed E-state index contributed by atoms with van der Waals surface area (Å²) < 4.78 is 0. The molecule has 1 aromatic heterocycles. The highest BCUT2D eigenvalue weighted by Gasteiger charge is 2.30. The Morgan fingerprint density at radius 2 is 1.96 bits per heavy atom. The number of para-hydroxylation sites is 1. The SMILES string of the molecule is O=C(c1cccc2cc[nH]c12)N1CCC(N2CCCC(O)C2)CC1.